The molecule has 8 nitrogen and oxygen atoms in total. The molecule has 170 valence electrons. The third-order valence-electron chi connectivity index (χ3n) is 5.56. The summed E-state index contributed by atoms with van der Waals surface area (Å²) in [7, 11) is 1.90. The fraction of sp³-hybridized carbons (Fsp3) is 0.391. The Morgan fingerprint density at radius 3 is 2.38 bits per heavy atom. The van der Waals surface area contributed by atoms with Crippen LogP contribution in [-0.2, 0) is 23.1 Å². The molecule has 0 saturated carbocycles. The van der Waals surface area contributed by atoms with Gasteiger partial charge in [-0.25, -0.2) is 0 Å². The maximum Gasteiger partial charge on any atom is 0.248 e. The Hall–Kier alpha value is -3.13. The number of carbonyl (C=O) groups is 2. The molecule has 3 aromatic rings. The summed E-state index contributed by atoms with van der Waals surface area (Å²) in [5, 5.41) is 14.8. The van der Waals surface area contributed by atoms with Crippen molar-refractivity contribution in [3.05, 3.63) is 57.6 Å². The second kappa shape index (κ2) is 9.56. The zero-order chi connectivity index (χ0) is 23.6. The predicted octanol–water partition coefficient (Wildman–Crippen LogP) is 4.27. The highest BCUT2D eigenvalue weighted by molar-refractivity contribution is 6.34. The minimum Gasteiger partial charge on any atom is -0.326 e. The summed E-state index contributed by atoms with van der Waals surface area (Å²) < 4.78 is 3.50. The smallest absolute Gasteiger partial charge is 0.248 e. The third kappa shape index (κ3) is 5.19. The van der Waals surface area contributed by atoms with Gasteiger partial charge in [-0.15, -0.1) is 0 Å². The average Bonchev–Trinajstić information content (AvgIpc) is 3.18. The van der Waals surface area contributed by atoms with E-state index >= 15 is 0 Å². The lowest BCUT2D eigenvalue weighted by molar-refractivity contribution is -0.119. The fourth-order valence-electron chi connectivity index (χ4n) is 3.72. The normalized spacial score (nSPS) is 12.0. The molecule has 1 unspecified atom stereocenters. The molecule has 0 fully saturated rings. The number of nitrogens with zero attached hydrogens (tertiary/aromatic N) is 4. The minimum atomic E-state index is -0.487. The standard InChI is InChI=1S/C23H29ClN6O2/c1-13-11-14(2)30(27-13)17(5)23(32)26-21-9-7-18(12-20(21)24)25-22(31)10-8-19-15(3)28-29(6)16(19)4/h7,9,11-12,17H,8,10H2,1-6H3,(H,25,31)(H,26,32). The number of carbonyl (C=O) groups excluding carboxylic acids is 2. The summed E-state index contributed by atoms with van der Waals surface area (Å²) in [5.41, 5.74) is 5.91. The van der Waals surface area contributed by atoms with Gasteiger partial charge in [0.05, 0.1) is 22.1 Å². The van der Waals surface area contributed by atoms with E-state index in [1.807, 2.05) is 45.5 Å². The highest BCUT2D eigenvalue weighted by atomic mass is 35.5. The number of benzene rings is 1. The van der Waals surface area contributed by atoms with Crippen LogP contribution in [0.25, 0.3) is 0 Å². The Kier molecular flexibility index (Phi) is 7.03. The molecular weight excluding hydrogens is 428 g/mol. The van der Waals surface area contributed by atoms with Crippen LogP contribution in [0.4, 0.5) is 11.4 Å². The van der Waals surface area contributed by atoms with E-state index in [2.05, 4.69) is 20.8 Å². The number of amides is 2. The van der Waals surface area contributed by atoms with Crippen molar-refractivity contribution in [2.45, 2.75) is 53.5 Å². The van der Waals surface area contributed by atoms with Crippen LogP contribution in [0.3, 0.4) is 0 Å². The second-order valence-corrected chi connectivity index (χ2v) is 8.46. The van der Waals surface area contributed by atoms with Crippen LogP contribution < -0.4 is 10.6 Å². The van der Waals surface area contributed by atoms with Gasteiger partial charge in [0.2, 0.25) is 11.8 Å². The van der Waals surface area contributed by atoms with Crippen molar-refractivity contribution < 1.29 is 9.59 Å². The molecule has 0 bridgehead atoms. The molecular formula is C23H29ClN6O2. The van der Waals surface area contributed by atoms with Crippen molar-refractivity contribution in [2.75, 3.05) is 10.6 Å². The van der Waals surface area contributed by atoms with Gasteiger partial charge in [-0.3, -0.25) is 19.0 Å². The highest BCUT2D eigenvalue weighted by Crippen LogP contribution is 2.27. The van der Waals surface area contributed by atoms with Crippen molar-refractivity contribution in [3.63, 3.8) is 0 Å². The SMILES string of the molecule is Cc1cc(C)n(C(C)C(=O)Nc2ccc(NC(=O)CCc3c(C)nn(C)c3C)cc2Cl)n1. The summed E-state index contributed by atoms with van der Waals surface area (Å²) in [6, 6.07) is 6.46. The van der Waals surface area contributed by atoms with Gasteiger partial charge in [0.15, 0.2) is 0 Å². The quantitative estimate of drug-likeness (QED) is 0.555. The van der Waals surface area contributed by atoms with Crippen LogP contribution in [0.15, 0.2) is 24.3 Å². The zero-order valence-corrected chi connectivity index (χ0v) is 20.0. The van der Waals surface area contributed by atoms with Crippen LogP contribution >= 0.6 is 11.6 Å². The lowest BCUT2D eigenvalue weighted by Crippen LogP contribution is -2.25. The summed E-state index contributed by atoms with van der Waals surface area (Å²) >= 11 is 6.36. The number of anilines is 2. The van der Waals surface area contributed by atoms with E-state index in [0.717, 1.165) is 28.3 Å². The Morgan fingerprint density at radius 2 is 1.81 bits per heavy atom. The van der Waals surface area contributed by atoms with Gasteiger partial charge in [0.25, 0.3) is 0 Å². The molecule has 1 aromatic carbocycles. The van der Waals surface area contributed by atoms with Crippen LogP contribution in [-0.4, -0.2) is 31.4 Å². The van der Waals surface area contributed by atoms with E-state index in [0.29, 0.717) is 29.2 Å². The van der Waals surface area contributed by atoms with Crippen LogP contribution in [0.5, 0.6) is 0 Å². The monoisotopic (exact) mass is 456 g/mol. The lowest BCUT2D eigenvalue weighted by atomic mass is 10.1. The van der Waals surface area contributed by atoms with E-state index in [4.69, 9.17) is 11.6 Å². The van der Waals surface area contributed by atoms with Crippen LogP contribution in [0.2, 0.25) is 5.02 Å². The average molecular weight is 457 g/mol. The number of aromatic nitrogens is 4. The predicted molar refractivity (Wildman–Crippen MR) is 126 cm³/mol. The molecule has 2 amide bonds. The number of halogens is 1. The zero-order valence-electron chi connectivity index (χ0n) is 19.3. The summed E-state index contributed by atoms with van der Waals surface area (Å²) in [6.07, 6.45) is 0.951. The van der Waals surface area contributed by atoms with Gasteiger partial charge in [-0.1, -0.05) is 11.6 Å². The molecule has 2 heterocycles. The van der Waals surface area contributed by atoms with E-state index in [-0.39, 0.29) is 11.8 Å². The number of aryl methyl sites for hydroxylation is 4. The van der Waals surface area contributed by atoms with E-state index in [1.165, 1.54) is 0 Å². The van der Waals surface area contributed by atoms with Gasteiger partial charge in [0, 0.05) is 30.5 Å². The number of hydrogen-bond donors (Lipinski definition) is 2. The second-order valence-electron chi connectivity index (χ2n) is 8.05. The van der Waals surface area contributed by atoms with Gasteiger partial charge < -0.3 is 10.6 Å². The summed E-state index contributed by atoms with van der Waals surface area (Å²) in [5.74, 6) is -0.337. The van der Waals surface area contributed by atoms with Crippen LogP contribution in [0, 0.1) is 27.7 Å². The molecule has 3 rings (SSSR count). The Bertz CT molecular complexity index is 1160. The van der Waals surface area contributed by atoms with Crippen molar-refractivity contribution in [3.8, 4) is 0 Å². The van der Waals surface area contributed by atoms with Gasteiger partial charge in [-0.2, -0.15) is 10.2 Å². The van der Waals surface area contributed by atoms with Crippen molar-refractivity contribution >= 4 is 34.8 Å². The number of nitrogens with one attached hydrogen (secondary N) is 2. The van der Waals surface area contributed by atoms with E-state index in [9.17, 15) is 9.59 Å². The van der Waals surface area contributed by atoms with Gasteiger partial charge >= 0.3 is 0 Å². The molecule has 1 atom stereocenters. The van der Waals surface area contributed by atoms with E-state index in [1.54, 1.807) is 29.8 Å². The van der Waals surface area contributed by atoms with Gasteiger partial charge in [-0.05, 0) is 70.9 Å². The van der Waals surface area contributed by atoms with Crippen LogP contribution in [0.1, 0.15) is 47.7 Å². The Labute approximate surface area is 193 Å². The minimum absolute atomic E-state index is 0.112. The van der Waals surface area contributed by atoms with Crippen molar-refractivity contribution in [1.29, 1.82) is 0 Å². The molecule has 0 aliphatic rings. The number of rotatable bonds is 7. The number of hydrogen-bond acceptors (Lipinski definition) is 4. The first-order valence-electron chi connectivity index (χ1n) is 10.5. The molecule has 2 N–H and O–H groups in total. The highest BCUT2D eigenvalue weighted by Gasteiger charge is 2.19. The van der Waals surface area contributed by atoms with E-state index < -0.39 is 6.04 Å². The molecule has 32 heavy (non-hydrogen) atoms. The molecule has 9 heteroatoms. The first-order chi connectivity index (χ1) is 15.1. The molecule has 0 saturated heterocycles. The first-order valence-corrected chi connectivity index (χ1v) is 10.9. The maximum absolute atomic E-state index is 12.7. The lowest BCUT2D eigenvalue weighted by Gasteiger charge is -2.16. The molecule has 2 aromatic heterocycles. The molecule has 0 aliphatic carbocycles. The fourth-order valence-corrected chi connectivity index (χ4v) is 3.95. The summed E-state index contributed by atoms with van der Waals surface area (Å²) in [4.78, 5) is 25.1. The first kappa shape index (κ1) is 23.5. The van der Waals surface area contributed by atoms with Crippen molar-refractivity contribution in [1.82, 2.24) is 19.6 Å². The topological polar surface area (TPSA) is 93.8 Å². The molecule has 0 radical (unpaired) electrons. The largest absolute Gasteiger partial charge is 0.326 e. The molecule has 0 spiro atoms. The third-order valence-corrected chi connectivity index (χ3v) is 5.88. The van der Waals surface area contributed by atoms with Crippen molar-refractivity contribution in [2.24, 2.45) is 7.05 Å². The summed E-state index contributed by atoms with van der Waals surface area (Å²) in [6.45, 7) is 9.52. The Morgan fingerprint density at radius 1 is 1.09 bits per heavy atom. The Balaban J connectivity index is 1.60. The maximum atomic E-state index is 12.7. The molecule has 0 aliphatic heterocycles. The van der Waals surface area contributed by atoms with Gasteiger partial charge in [0.1, 0.15) is 6.04 Å².